The highest BCUT2D eigenvalue weighted by atomic mass is 35.5. The van der Waals surface area contributed by atoms with Crippen LogP contribution in [0.4, 0.5) is 5.69 Å². The molecule has 0 radical (unpaired) electrons. The number of pyridine rings is 1. The molecule has 2 aromatic carbocycles. The maximum atomic E-state index is 11.6. The van der Waals surface area contributed by atoms with E-state index < -0.39 is 5.91 Å². The summed E-state index contributed by atoms with van der Waals surface area (Å²) < 4.78 is 5.94. The molecule has 0 aliphatic rings. The average molecular weight is 425 g/mol. The Morgan fingerprint density at radius 3 is 2.60 bits per heavy atom. The van der Waals surface area contributed by atoms with Gasteiger partial charge < -0.3 is 26.3 Å². The van der Waals surface area contributed by atoms with Crippen molar-refractivity contribution in [3.63, 3.8) is 0 Å². The molecule has 154 valence electrons. The Hall–Kier alpha value is -3.42. The van der Waals surface area contributed by atoms with Gasteiger partial charge in [-0.15, -0.1) is 0 Å². The number of primary amides is 1. The zero-order valence-electron chi connectivity index (χ0n) is 16.3. The molecule has 0 saturated heterocycles. The van der Waals surface area contributed by atoms with E-state index in [1.165, 1.54) is 6.21 Å². The second-order valence-corrected chi connectivity index (χ2v) is 6.85. The van der Waals surface area contributed by atoms with Crippen molar-refractivity contribution in [1.29, 1.82) is 5.41 Å². The number of ether oxygens (including phenoxy) is 1. The van der Waals surface area contributed by atoms with Gasteiger partial charge in [-0.2, -0.15) is 0 Å². The summed E-state index contributed by atoms with van der Waals surface area (Å²) in [6, 6.07) is 13.9. The molecule has 0 aliphatic carbocycles. The van der Waals surface area contributed by atoms with Crippen LogP contribution in [0.15, 0.2) is 48.5 Å². The summed E-state index contributed by atoms with van der Waals surface area (Å²) >= 11 is 6.17. The first-order chi connectivity index (χ1) is 14.5. The largest absolute Gasteiger partial charge is 0.457 e. The molecule has 3 aromatic rings. The van der Waals surface area contributed by atoms with Gasteiger partial charge in [0, 0.05) is 25.4 Å². The highest BCUT2D eigenvalue weighted by molar-refractivity contribution is 6.34. The standard InChI is InChI=1S/C22H21ClN4O3/c1-26-21-16(12-24)20(7-6-17(21)23)30-15-4-2-14(3-5-15)18-10-13(8-9-28)11-19(27-18)22(25)29/h2-7,10-12,24,26,28H,8-9H2,1H3,(H2,25,29). The van der Waals surface area contributed by atoms with Crippen LogP contribution in [0.1, 0.15) is 21.6 Å². The van der Waals surface area contributed by atoms with E-state index in [4.69, 9.17) is 27.5 Å². The number of hydrogen-bond donors (Lipinski definition) is 4. The minimum atomic E-state index is -0.627. The van der Waals surface area contributed by atoms with Crippen molar-refractivity contribution in [2.75, 3.05) is 19.0 Å². The molecule has 0 bridgehead atoms. The number of anilines is 1. The van der Waals surface area contributed by atoms with Gasteiger partial charge in [-0.25, -0.2) is 4.98 Å². The van der Waals surface area contributed by atoms with Crippen LogP contribution >= 0.6 is 11.6 Å². The zero-order valence-corrected chi connectivity index (χ0v) is 17.0. The Balaban J connectivity index is 1.91. The minimum Gasteiger partial charge on any atom is -0.457 e. The normalized spacial score (nSPS) is 10.5. The summed E-state index contributed by atoms with van der Waals surface area (Å²) in [5.41, 5.74) is 8.80. The number of nitrogens with two attached hydrogens (primary N) is 1. The minimum absolute atomic E-state index is 0.0422. The Morgan fingerprint density at radius 1 is 1.27 bits per heavy atom. The van der Waals surface area contributed by atoms with Crippen LogP contribution in [0, 0.1) is 5.41 Å². The summed E-state index contributed by atoms with van der Waals surface area (Å²) in [4.78, 5) is 15.9. The first-order valence-electron chi connectivity index (χ1n) is 9.17. The molecule has 1 heterocycles. The van der Waals surface area contributed by atoms with Gasteiger partial charge in [-0.1, -0.05) is 11.6 Å². The molecule has 1 amide bonds. The fourth-order valence-electron chi connectivity index (χ4n) is 3.02. The van der Waals surface area contributed by atoms with Crippen molar-refractivity contribution in [2.45, 2.75) is 6.42 Å². The third kappa shape index (κ3) is 4.59. The topological polar surface area (TPSA) is 121 Å². The number of amides is 1. The van der Waals surface area contributed by atoms with Gasteiger partial charge in [-0.05, 0) is 60.5 Å². The highest BCUT2D eigenvalue weighted by Gasteiger charge is 2.13. The van der Waals surface area contributed by atoms with Gasteiger partial charge in [0.15, 0.2) is 0 Å². The quantitative estimate of drug-likeness (QED) is 0.409. The van der Waals surface area contributed by atoms with E-state index in [1.807, 2.05) is 18.2 Å². The summed E-state index contributed by atoms with van der Waals surface area (Å²) in [7, 11) is 1.73. The number of hydrogen-bond acceptors (Lipinski definition) is 6. The van der Waals surface area contributed by atoms with Crippen molar-refractivity contribution in [1.82, 2.24) is 4.98 Å². The molecule has 7 nitrogen and oxygen atoms in total. The van der Waals surface area contributed by atoms with Gasteiger partial charge >= 0.3 is 0 Å². The molecule has 0 aliphatic heterocycles. The van der Waals surface area contributed by atoms with Crippen LogP contribution in [-0.2, 0) is 6.42 Å². The van der Waals surface area contributed by atoms with E-state index in [0.717, 1.165) is 11.1 Å². The fourth-order valence-corrected chi connectivity index (χ4v) is 3.27. The maximum Gasteiger partial charge on any atom is 0.267 e. The Kier molecular flexibility index (Phi) is 6.66. The van der Waals surface area contributed by atoms with Crippen LogP contribution in [0.3, 0.4) is 0 Å². The molecule has 30 heavy (non-hydrogen) atoms. The van der Waals surface area contributed by atoms with Crippen LogP contribution in [0.25, 0.3) is 11.3 Å². The number of carbonyl (C=O) groups is 1. The molecule has 0 fully saturated rings. The van der Waals surface area contributed by atoms with E-state index in [9.17, 15) is 9.90 Å². The molecule has 8 heteroatoms. The van der Waals surface area contributed by atoms with Gasteiger partial charge in [-0.3, -0.25) is 4.79 Å². The van der Waals surface area contributed by atoms with Crippen molar-refractivity contribution in [2.24, 2.45) is 5.73 Å². The number of aliphatic hydroxyl groups is 1. The van der Waals surface area contributed by atoms with Crippen molar-refractivity contribution < 1.29 is 14.6 Å². The molecular formula is C22H21ClN4O3. The smallest absolute Gasteiger partial charge is 0.267 e. The SMILES string of the molecule is CNc1c(Cl)ccc(Oc2ccc(-c3cc(CCO)cc(C(N)=O)n3)cc2)c1C=N. The lowest BCUT2D eigenvalue weighted by atomic mass is 10.1. The summed E-state index contributed by atoms with van der Waals surface area (Å²) in [6.45, 7) is -0.0422. The third-order valence-corrected chi connectivity index (χ3v) is 4.78. The Morgan fingerprint density at radius 2 is 2.00 bits per heavy atom. The number of aliphatic hydroxyl groups excluding tert-OH is 1. The molecular weight excluding hydrogens is 404 g/mol. The lowest BCUT2D eigenvalue weighted by molar-refractivity contribution is 0.0995. The zero-order chi connectivity index (χ0) is 21.7. The molecule has 0 spiro atoms. The average Bonchev–Trinajstić information content (AvgIpc) is 2.75. The van der Waals surface area contributed by atoms with Gasteiger partial charge in [0.05, 0.1) is 22.0 Å². The van der Waals surface area contributed by atoms with Gasteiger partial charge in [0.2, 0.25) is 0 Å². The van der Waals surface area contributed by atoms with E-state index >= 15 is 0 Å². The molecule has 3 rings (SSSR count). The highest BCUT2D eigenvalue weighted by Crippen LogP contribution is 2.35. The van der Waals surface area contributed by atoms with E-state index in [-0.39, 0.29) is 12.3 Å². The Labute approximate surface area is 179 Å². The number of halogens is 1. The van der Waals surface area contributed by atoms with Crippen LogP contribution in [0.2, 0.25) is 5.02 Å². The summed E-state index contributed by atoms with van der Waals surface area (Å²) in [5, 5.41) is 20.4. The maximum absolute atomic E-state index is 11.6. The first-order valence-corrected chi connectivity index (χ1v) is 9.55. The molecule has 1 aromatic heterocycles. The second kappa shape index (κ2) is 9.39. The number of benzene rings is 2. The summed E-state index contributed by atoms with van der Waals surface area (Å²) in [5.74, 6) is 0.427. The lowest BCUT2D eigenvalue weighted by Gasteiger charge is -2.14. The Bertz CT molecular complexity index is 1080. The predicted molar refractivity (Wildman–Crippen MR) is 118 cm³/mol. The molecule has 5 N–H and O–H groups in total. The molecule has 0 unspecified atom stereocenters. The number of aromatic nitrogens is 1. The van der Waals surface area contributed by atoms with E-state index in [0.29, 0.717) is 39.9 Å². The van der Waals surface area contributed by atoms with Crippen molar-refractivity contribution in [3.05, 3.63) is 70.4 Å². The summed E-state index contributed by atoms with van der Waals surface area (Å²) in [6.07, 6.45) is 1.58. The third-order valence-electron chi connectivity index (χ3n) is 4.46. The fraction of sp³-hybridized carbons (Fsp3) is 0.136. The van der Waals surface area contributed by atoms with Crippen LogP contribution in [0.5, 0.6) is 11.5 Å². The lowest BCUT2D eigenvalue weighted by Crippen LogP contribution is -2.14. The van der Waals surface area contributed by atoms with Crippen LogP contribution in [-0.4, -0.2) is 35.9 Å². The number of nitrogens with zero attached hydrogens (tertiary/aromatic N) is 1. The molecule has 0 atom stereocenters. The van der Waals surface area contributed by atoms with Crippen molar-refractivity contribution >= 4 is 29.4 Å². The van der Waals surface area contributed by atoms with E-state index in [1.54, 1.807) is 37.4 Å². The monoisotopic (exact) mass is 424 g/mol. The van der Waals surface area contributed by atoms with Gasteiger partial charge in [0.25, 0.3) is 5.91 Å². The number of rotatable bonds is 8. The van der Waals surface area contributed by atoms with E-state index in [2.05, 4.69) is 10.3 Å². The predicted octanol–water partition coefficient (Wildman–Crippen LogP) is 3.87. The number of nitrogens with one attached hydrogen (secondary N) is 2. The van der Waals surface area contributed by atoms with Crippen LogP contribution < -0.4 is 15.8 Å². The molecule has 0 saturated carbocycles. The first kappa shape index (κ1) is 21.3. The second-order valence-electron chi connectivity index (χ2n) is 6.44. The number of carbonyl (C=O) groups excluding carboxylic acids is 1. The van der Waals surface area contributed by atoms with Gasteiger partial charge in [0.1, 0.15) is 17.2 Å². The van der Waals surface area contributed by atoms with Crippen molar-refractivity contribution in [3.8, 4) is 22.8 Å².